The standard InChI is InChI=1S/C21H21N3O3/c1-2-12-22-21(27)17-10-6-7-11-18(17)23-20(26)15-13-19(25)24(14-15)16-8-4-3-5-9-16/h2-11,15H,1,12-14H2,(H,22,27)(H,23,26)/t15-/m0/s1. The Morgan fingerprint density at radius 2 is 1.81 bits per heavy atom. The minimum atomic E-state index is -0.470. The maximum atomic E-state index is 12.7. The lowest BCUT2D eigenvalue weighted by atomic mass is 10.1. The normalized spacial score (nSPS) is 16.1. The van der Waals surface area contributed by atoms with E-state index in [-0.39, 0.29) is 24.1 Å². The number of rotatable bonds is 6. The van der Waals surface area contributed by atoms with Gasteiger partial charge in [-0.3, -0.25) is 14.4 Å². The summed E-state index contributed by atoms with van der Waals surface area (Å²) in [7, 11) is 0. The van der Waals surface area contributed by atoms with Gasteiger partial charge in [-0.05, 0) is 24.3 Å². The molecule has 27 heavy (non-hydrogen) atoms. The molecular formula is C21H21N3O3. The van der Waals surface area contributed by atoms with Crippen LogP contribution in [0.1, 0.15) is 16.8 Å². The maximum absolute atomic E-state index is 12.7. The Morgan fingerprint density at radius 1 is 1.11 bits per heavy atom. The topological polar surface area (TPSA) is 78.5 Å². The number of hydrogen-bond acceptors (Lipinski definition) is 3. The summed E-state index contributed by atoms with van der Waals surface area (Å²) >= 11 is 0. The van der Waals surface area contributed by atoms with Crippen LogP contribution in [-0.4, -0.2) is 30.8 Å². The van der Waals surface area contributed by atoms with Crippen molar-refractivity contribution in [3.8, 4) is 0 Å². The number of anilines is 2. The summed E-state index contributed by atoms with van der Waals surface area (Å²) < 4.78 is 0. The van der Waals surface area contributed by atoms with Gasteiger partial charge in [-0.2, -0.15) is 0 Å². The van der Waals surface area contributed by atoms with E-state index < -0.39 is 5.92 Å². The summed E-state index contributed by atoms with van der Waals surface area (Å²) in [5.74, 6) is -1.12. The van der Waals surface area contributed by atoms with Gasteiger partial charge < -0.3 is 15.5 Å². The molecule has 0 bridgehead atoms. The molecule has 0 spiro atoms. The molecule has 6 heteroatoms. The Morgan fingerprint density at radius 3 is 2.56 bits per heavy atom. The number of nitrogens with one attached hydrogen (secondary N) is 2. The fraction of sp³-hybridized carbons (Fsp3) is 0.190. The zero-order chi connectivity index (χ0) is 19.2. The van der Waals surface area contributed by atoms with Crippen LogP contribution < -0.4 is 15.5 Å². The first-order chi connectivity index (χ1) is 13.1. The van der Waals surface area contributed by atoms with E-state index in [0.717, 1.165) is 5.69 Å². The molecular weight excluding hydrogens is 342 g/mol. The molecule has 2 N–H and O–H groups in total. The van der Waals surface area contributed by atoms with Crippen molar-refractivity contribution in [2.75, 3.05) is 23.3 Å². The zero-order valence-corrected chi connectivity index (χ0v) is 14.9. The van der Waals surface area contributed by atoms with Crippen LogP contribution in [0.15, 0.2) is 67.3 Å². The van der Waals surface area contributed by atoms with E-state index in [1.807, 2.05) is 30.3 Å². The van der Waals surface area contributed by atoms with Crippen LogP contribution in [0, 0.1) is 5.92 Å². The van der Waals surface area contributed by atoms with Crippen molar-refractivity contribution in [3.63, 3.8) is 0 Å². The maximum Gasteiger partial charge on any atom is 0.253 e. The zero-order valence-electron chi connectivity index (χ0n) is 14.9. The van der Waals surface area contributed by atoms with Gasteiger partial charge in [0.05, 0.1) is 17.2 Å². The van der Waals surface area contributed by atoms with E-state index in [1.165, 1.54) is 0 Å². The van der Waals surface area contributed by atoms with Crippen molar-refractivity contribution in [3.05, 3.63) is 72.8 Å². The molecule has 0 saturated carbocycles. The highest BCUT2D eigenvalue weighted by Crippen LogP contribution is 2.26. The molecule has 1 atom stereocenters. The fourth-order valence-corrected chi connectivity index (χ4v) is 3.03. The molecule has 1 heterocycles. The van der Waals surface area contributed by atoms with Crippen LogP contribution in [0.25, 0.3) is 0 Å². The van der Waals surface area contributed by atoms with Crippen LogP contribution in [-0.2, 0) is 9.59 Å². The Bertz CT molecular complexity index is 864. The van der Waals surface area contributed by atoms with Crippen molar-refractivity contribution in [1.82, 2.24) is 5.32 Å². The minimum Gasteiger partial charge on any atom is -0.349 e. The van der Waals surface area contributed by atoms with Gasteiger partial charge in [0.25, 0.3) is 5.91 Å². The SMILES string of the molecule is C=CCNC(=O)c1ccccc1NC(=O)[C@H]1CC(=O)N(c2ccccc2)C1. The Labute approximate surface area is 157 Å². The van der Waals surface area contributed by atoms with Crippen LogP contribution >= 0.6 is 0 Å². The largest absolute Gasteiger partial charge is 0.349 e. The first-order valence-electron chi connectivity index (χ1n) is 8.74. The lowest BCUT2D eigenvalue weighted by molar-refractivity contribution is -0.122. The van der Waals surface area contributed by atoms with E-state index in [2.05, 4.69) is 17.2 Å². The van der Waals surface area contributed by atoms with Gasteiger partial charge in [-0.15, -0.1) is 6.58 Å². The number of carbonyl (C=O) groups is 3. The summed E-state index contributed by atoms with van der Waals surface area (Å²) in [5.41, 5.74) is 1.58. The number of amides is 3. The highest BCUT2D eigenvalue weighted by molar-refractivity contribution is 6.07. The average Bonchev–Trinajstić information content (AvgIpc) is 3.09. The van der Waals surface area contributed by atoms with E-state index in [0.29, 0.717) is 24.3 Å². The van der Waals surface area contributed by atoms with E-state index >= 15 is 0 Å². The molecule has 0 aromatic heterocycles. The predicted molar refractivity (Wildman–Crippen MR) is 105 cm³/mol. The summed E-state index contributed by atoms with van der Waals surface area (Å²) in [6, 6.07) is 16.1. The first-order valence-corrected chi connectivity index (χ1v) is 8.74. The molecule has 2 aromatic carbocycles. The van der Waals surface area contributed by atoms with Gasteiger partial charge >= 0.3 is 0 Å². The average molecular weight is 363 g/mol. The molecule has 1 aliphatic heterocycles. The minimum absolute atomic E-state index is 0.0849. The number of para-hydroxylation sites is 2. The number of carbonyl (C=O) groups excluding carboxylic acids is 3. The van der Waals surface area contributed by atoms with Crippen molar-refractivity contribution < 1.29 is 14.4 Å². The van der Waals surface area contributed by atoms with E-state index in [9.17, 15) is 14.4 Å². The van der Waals surface area contributed by atoms with Crippen molar-refractivity contribution in [1.29, 1.82) is 0 Å². The third-order valence-corrected chi connectivity index (χ3v) is 4.40. The van der Waals surface area contributed by atoms with Crippen molar-refractivity contribution in [2.24, 2.45) is 5.92 Å². The van der Waals surface area contributed by atoms with Crippen LogP contribution in [0.5, 0.6) is 0 Å². The monoisotopic (exact) mass is 363 g/mol. The molecule has 6 nitrogen and oxygen atoms in total. The summed E-state index contributed by atoms with van der Waals surface area (Å²) in [6.07, 6.45) is 1.73. The predicted octanol–water partition coefficient (Wildman–Crippen LogP) is 2.59. The molecule has 0 aliphatic carbocycles. The van der Waals surface area contributed by atoms with Gasteiger partial charge in [0.15, 0.2) is 0 Å². The second-order valence-corrected chi connectivity index (χ2v) is 6.27. The molecule has 3 rings (SSSR count). The van der Waals surface area contributed by atoms with Gasteiger partial charge in [0, 0.05) is 25.2 Å². The Hall–Kier alpha value is -3.41. The van der Waals surface area contributed by atoms with Crippen LogP contribution in [0.2, 0.25) is 0 Å². The summed E-state index contributed by atoms with van der Waals surface area (Å²) in [5, 5.41) is 5.49. The molecule has 1 fully saturated rings. The second-order valence-electron chi connectivity index (χ2n) is 6.27. The molecule has 0 radical (unpaired) electrons. The molecule has 1 aliphatic rings. The lowest BCUT2D eigenvalue weighted by Crippen LogP contribution is -2.29. The highest BCUT2D eigenvalue weighted by atomic mass is 16.2. The molecule has 2 aromatic rings. The number of benzene rings is 2. The highest BCUT2D eigenvalue weighted by Gasteiger charge is 2.35. The third-order valence-electron chi connectivity index (χ3n) is 4.40. The van der Waals surface area contributed by atoms with Gasteiger partial charge in [0.2, 0.25) is 11.8 Å². The first kappa shape index (κ1) is 18.4. The van der Waals surface area contributed by atoms with Crippen molar-refractivity contribution >= 4 is 29.1 Å². The lowest BCUT2D eigenvalue weighted by Gasteiger charge is -2.17. The van der Waals surface area contributed by atoms with Crippen molar-refractivity contribution in [2.45, 2.75) is 6.42 Å². The molecule has 1 saturated heterocycles. The Kier molecular flexibility index (Phi) is 5.66. The van der Waals surface area contributed by atoms with Gasteiger partial charge in [-0.25, -0.2) is 0 Å². The number of hydrogen-bond donors (Lipinski definition) is 2. The smallest absolute Gasteiger partial charge is 0.253 e. The summed E-state index contributed by atoms with van der Waals surface area (Å²) in [6.45, 7) is 4.22. The second kappa shape index (κ2) is 8.31. The van der Waals surface area contributed by atoms with Crippen LogP contribution in [0.3, 0.4) is 0 Å². The van der Waals surface area contributed by atoms with E-state index in [4.69, 9.17) is 0 Å². The quantitative estimate of drug-likeness (QED) is 0.775. The molecule has 3 amide bonds. The summed E-state index contributed by atoms with van der Waals surface area (Å²) in [4.78, 5) is 38.9. The molecule has 0 unspecified atom stereocenters. The number of nitrogens with zero attached hydrogens (tertiary/aromatic N) is 1. The van der Waals surface area contributed by atoms with E-state index in [1.54, 1.807) is 35.2 Å². The van der Waals surface area contributed by atoms with Gasteiger partial charge in [-0.1, -0.05) is 36.4 Å². The van der Waals surface area contributed by atoms with Gasteiger partial charge in [0.1, 0.15) is 0 Å². The Balaban J connectivity index is 1.71. The molecule has 138 valence electrons. The third kappa shape index (κ3) is 4.23. The fourth-order valence-electron chi connectivity index (χ4n) is 3.03. The van der Waals surface area contributed by atoms with Crippen LogP contribution in [0.4, 0.5) is 11.4 Å².